The molecule has 4 heterocycles. The fourth-order valence-electron chi connectivity index (χ4n) is 3.21. The van der Waals surface area contributed by atoms with E-state index in [1.54, 1.807) is 35.2 Å². The van der Waals surface area contributed by atoms with E-state index in [1.807, 2.05) is 0 Å². The van der Waals surface area contributed by atoms with Crippen molar-refractivity contribution in [2.75, 3.05) is 12.3 Å². The van der Waals surface area contributed by atoms with Crippen LogP contribution < -0.4 is 15.2 Å². The maximum atomic E-state index is 11.5. The molecule has 12 nitrogen and oxygen atoms in total. The number of anilines is 1. The largest absolute Gasteiger partial charge is 0.478 e. The van der Waals surface area contributed by atoms with Gasteiger partial charge in [0.1, 0.15) is 35.5 Å². The smallest absolute Gasteiger partial charge is 0.339 e. The number of imidazole rings is 1. The molecule has 12 heteroatoms. The summed E-state index contributed by atoms with van der Waals surface area (Å²) in [5.74, 6) is -0.130. The molecule has 0 aliphatic heterocycles. The Morgan fingerprint density at radius 1 is 1.12 bits per heavy atom. The third-order valence-electron chi connectivity index (χ3n) is 4.78. The highest BCUT2D eigenvalue weighted by molar-refractivity contribution is 5.90. The van der Waals surface area contributed by atoms with Crippen LogP contribution in [0.1, 0.15) is 10.4 Å². The molecule has 0 fully saturated rings. The Kier molecular flexibility index (Phi) is 5.44. The summed E-state index contributed by atoms with van der Waals surface area (Å²) >= 11 is 0. The minimum atomic E-state index is -1.12. The highest BCUT2D eigenvalue weighted by Crippen LogP contribution is 2.29. The number of aromatic nitrogens is 6. The quantitative estimate of drug-likeness (QED) is 0.350. The van der Waals surface area contributed by atoms with Crippen molar-refractivity contribution in [2.24, 2.45) is 0 Å². The minimum absolute atomic E-state index is 0.00335. The molecule has 0 aliphatic rings. The van der Waals surface area contributed by atoms with Gasteiger partial charge in [0.05, 0.1) is 19.1 Å². The lowest BCUT2D eigenvalue weighted by Gasteiger charge is -2.11. The van der Waals surface area contributed by atoms with Gasteiger partial charge in [0.15, 0.2) is 17.2 Å². The average Bonchev–Trinajstić information content (AvgIpc) is 3.51. The summed E-state index contributed by atoms with van der Waals surface area (Å²) in [7, 11) is 0. The lowest BCUT2D eigenvalue weighted by Crippen LogP contribution is -2.10. The molecule has 34 heavy (non-hydrogen) atoms. The van der Waals surface area contributed by atoms with Crippen LogP contribution in [-0.4, -0.2) is 47.2 Å². The van der Waals surface area contributed by atoms with Gasteiger partial charge in [-0.15, -0.1) is 0 Å². The third-order valence-corrected chi connectivity index (χ3v) is 4.78. The number of aromatic carboxylic acids is 1. The fourth-order valence-corrected chi connectivity index (χ4v) is 3.21. The van der Waals surface area contributed by atoms with Crippen LogP contribution in [0.5, 0.6) is 17.6 Å². The van der Waals surface area contributed by atoms with E-state index in [0.717, 1.165) is 0 Å². The molecule has 0 spiro atoms. The second kappa shape index (κ2) is 8.86. The highest BCUT2D eigenvalue weighted by Gasteiger charge is 2.16. The Hall–Kier alpha value is -5.00. The second-order valence-corrected chi connectivity index (χ2v) is 6.97. The van der Waals surface area contributed by atoms with Crippen molar-refractivity contribution in [1.29, 1.82) is 0 Å². The first kappa shape index (κ1) is 20.9. The summed E-state index contributed by atoms with van der Waals surface area (Å²) in [6.07, 6.45) is 4.47. The van der Waals surface area contributed by atoms with Gasteiger partial charge in [0.2, 0.25) is 5.88 Å². The number of fused-ring (bicyclic) bond motifs is 1. The van der Waals surface area contributed by atoms with Crippen LogP contribution >= 0.6 is 0 Å². The summed E-state index contributed by atoms with van der Waals surface area (Å²) < 4.78 is 18.7. The SMILES string of the molecule is Nc1ncnc2c1ncn2CCOc1nc(Oc2ccccc2C(=O)O)cc(-c2ccco2)n1. The first-order valence-corrected chi connectivity index (χ1v) is 10.1. The predicted molar refractivity (Wildman–Crippen MR) is 118 cm³/mol. The van der Waals surface area contributed by atoms with Gasteiger partial charge >= 0.3 is 12.0 Å². The van der Waals surface area contributed by atoms with Crippen molar-refractivity contribution < 1.29 is 23.8 Å². The number of nitrogens with two attached hydrogens (primary N) is 1. The number of furan rings is 1. The molecule has 3 N–H and O–H groups in total. The number of benzene rings is 1. The minimum Gasteiger partial charge on any atom is -0.478 e. The van der Waals surface area contributed by atoms with E-state index >= 15 is 0 Å². The molecule has 0 aliphatic carbocycles. The van der Waals surface area contributed by atoms with E-state index < -0.39 is 5.97 Å². The number of carboxylic acids is 1. The number of ether oxygens (including phenoxy) is 2. The van der Waals surface area contributed by atoms with E-state index in [1.165, 1.54) is 30.8 Å². The van der Waals surface area contributed by atoms with Crippen molar-refractivity contribution in [3.8, 4) is 29.1 Å². The molecule has 1 aromatic carbocycles. The molecule has 0 amide bonds. The number of hydrogen-bond acceptors (Lipinski definition) is 10. The molecule has 5 rings (SSSR count). The number of nitrogen functional groups attached to an aromatic ring is 1. The van der Waals surface area contributed by atoms with Gasteiger partial charge in [-0.25, -0.2) is 19.7 Å². The van der Waals surface area contributed by atoms with Crippen molar-refractivity contribution in [1.82, 2.24) is 29.5 Å². The van der Waals surface area contributed by atoms with Gasteiger partial charge in [-0.3, -0.25) is 0 Å². The van der Waals surface area contributed by atoms with Crippen LogP contribution in [0.2, 0.25) is 0 Å². The first-order chi connectivity index (χ1) is 16.6. The van der Waals surface area contributed by atoms with Gasteiger partial charge in [-0.2, -0.15) is 9.97 Å². The van der Waals surface area contributed by atoms with Crippen molar-refractivity contribution in [3.63, 3.8) is 0 Å². The number of rotatable bonds is 8. The molecule has 5 aromatic rings. The number of carbonyl (C=O) groups is 1. The number of para-hydroxylation sites is 1. The summed E-state index contributed by atoms with van der Waals surface area (Å²) in [6, 6.07) is 11.3. The monoisotopic (exact) mass is 459 g/mol. The molecule has 4 aromatic heterocycles. The predicted octanol–water partition coefficient (Wildman–Crippen LogP) is 3.03. The zero-order valence-electron chi connectivity index (χ0n) is 17.5. The molecule has 0 radical (unpaired) electrons. The Bertz CT molecular complexity index is 1470. The average molecular weight is 459 g/mol. The van der Waals surface area contributed by atoms with E-state index in [2.05, 4.69) is 24.9 Å². The van der Waals surface area contributed by atoms with Gasteiger partial charge in [-0.05, 0) is 24.3 Å². The Morgan fingerprint density at radius 2 is 2.00 bits per heavy atom. The van der Waals surface area contributed by atoms with Gasteiger partial charge in [-0.1, -0.05) is 12.1 Å². The molecule has 0 saturated carbocycles. The number of nitrogens with zero attached hydrogens (tertiary/aromatic N) is 6. The Balaban J connectivity index is 1.40. The fraction of sp³-hybridized carbons (Fsp3) is 0.0909. The summed E-state index contributed by atoms with van der Waals surface area (Å²) in [5.41, 5.74) is 7.31. The topological polar surface area (TPSA) is 164 Å². The van der Waals surface area contributed by atoms with Gasteiger partial charge in [0, 0.05) is 6.07 Å². The number of hydrogen-bond donors (Lipinski definition) is 2. The molecule has 0 unspecified atom stereocenters. The van der Waals surface area contributed by atoms with E-state index in [0.29, 0.717) is 35.0 Å². The zero-order chi connectivity index (χ0) is 23.5. The maximum absolute atomic E-state index is 11.5. The van der Waals surface area contributed by atoms with Crippen molar-refractivity contribution >= 4 is 23.0 Å². The molecule has 0 bridgehead atoms. The molecular formula is C22H17N7O5. The van der Waals surface area contributed by atoms with E-state index in [9.17, 15) is 9.90 Å². The summed E-state index contributed by atoms with van der Waals surface area (Å²) in [4.78, 5) is 32.5. The van der Waals surface area contributed by atoms with E-state index in [4.69, 9.17) is 19.6 Å². The lowest BCUT2D eigenvalue weighted by atomic mass is 10.2. The molecule has 0 saturated heterocycles. The maximum Gasteiger partial charge on any atom is 0.339 e. The summed E-state index contributed by atoms with van der Waals surface area (Å²) in [5, 5.41) is 9.43. The highest BCUT2D eigenvalue weighted by atomic mass is 16.5. The van der Waals surface area contributed by atoms with Crippen molar-refractivity contribution in [2.45, 2.75) is 6.54 Å². The van der Waals surface area contributed by atoms with Crippen LogP contribution in [0.25, 0.3) is 22.6 Å². The molecule has 170 valence electrons. The normalized spacial score (nSPS) is 10.9. The second-order valence-electron chi connectivity index (χ2n) is 6.97. The van der Waals surface area contributed by atoms with Crippen LogP contribution in [0, 0.1) is 0 Å². The van der Waals surface area contributed by atoms with E-state index in [-0.39, 0.29) is 29.8 Å². The molecule has 0 atom stereocenters. The van der Waals surface area contributed by atoms with Crippen LogP contribution in [-0.2, 0) is 6.54 Å². The summed E-state index contributed by atoms with van der Waals surface area (Å²) in [6.45, 7) is 0.571. The molecular weight excluding hydrogens is 442 g/mol. The van der Waals surface area contributed by atoms with Gasteiger partial charge < -0.3 is 29.3 Å². The van der Waals surface area contributed by atoms with Crippen LogP contribution in [0.4, 0.5) is 5.82 Å². The number of carboxylic acid groups (broad SMARTS) is 1. The van der Waals surface area contributed by atoms with Crippen LogP contribution in [0.15, 0.2) is 65.8 Å². The standard InChI is InChI=1S/C22H17N7O5/c23-19-18-20(25-11-24-19)29(12-26-18)7-9-33-22-27-14(16-6-3-8-32-16)10-17(28-22)34-15-5-2-1-4-13(15)21(30)31/h1-6,8,10-12H,7,9H2,(H,30,31)(H2,23,24,25). The lowest BCUT2D eigenvalue weighted by molar-refractivity contribution is 0.0694. The van der Waals surface area contributed by atoms with Crippen LogP contribution in [0.3, 0.4) is 0 Å². The Morgan fingerprint density at radius 3 is 2.82 bits per heavy atom. The van der Waals surface area contributed by atoms with Crippen molar-refractivity contribution in [3.05, 3.63) is 66.9 Å². The third kappa shape index (κ3) is 4.19. The zero-order valence-corrected chi connectivity index (χ0v) is 17.5. The first-order valence-electron chi connectivity index (χ1n) is 10.1. The Labute approximate surface area is 191 Å². The van der Waals surface area contributed by atoms with Gasteiger partial charge in [0.25, 0.3) is 0 Å².